The first-order valence-electron chi connectivity index (χ1n) is 9.04. The molecule has 0 radical (unpaired) electrons. The molecule has 0 aliphatic carbocycles. The van der Waals surface area contributed by atoms with Gasteiger partial charge in [0.1, 0.15) is 5.75 Å². The van der Waals surface area contributed by atoms with E-state index in [4.69, 9.17) is 14.2 Å². The summed E-state index contributed by atoms with van der Waals surface area (Å²) in [5.41, 5.74) is 3.98. The summed E-state index contributed by atoms with van der Waals surface area (Å²) in [5, 5.41) is 10.3. The summed E-state index contributed by atoms with van der Waals surface area (Å²) in [6, 6.07) is 5.26. The second kappa shape index (κ2) is 8.86. The average Bonchev–Trinajstić information content (AvgIpc) is 2.63. The van der Waals surface area contributed by atoms with Gasteiger partial charge >= 0.3 is 5.97 Å². The lowest BCUT2D eigenvalue weighted by molar-refractivity contribution is -0.144. The number of hydrogen-bond acceptors (Lipinski definition) is 5. The van der Waals surface area contributed by atoms with Crippen LogP contribution in [0.3, 0.4) is 0 Å². The molecule has 6 heteroatoms. The summed E-state index contributed by atoms with van der Waals surface area (Å²) in [5.74, 6) is 1.05. The average molecular weight is 451 g/mol. The summed E-state index contributed by atoms with van der Waals surface area (Å²) in [4.78, 5) is 12.0. The number of ether oxygens (including phenoxy) is 3. The number of phenols is 1. The molecule has 1 N–H and O–H groups in total. The number of hydrogen-bond donors (Lipinski definition) is 1. The van der Waals surface area contributed by atoms with Crippen LogP contribution in [0.5, 0.6) is 17.2 Å². The van der Waals surface area contributed by atoms with E-state index in [0.717, 1.165) is 26.7 Å². The van der Waals surface area contributed by atoms with Crippen molar-refractivity contribution < 1.29 is 24.1 Å². The number of aromatic hydroxyl groups is 1. The largest absolute Gasteiger partial charge is 0.508 e. The van der Waals surface area contributed by atoms with Crippen LogP contribution in [0, 0.1) is 13.8 Å². The number of methoxy groups -OCH3 is 2. The molecular weight excluding hydrogens is 424 g/mol. The number of benzene rings is 2. The predicted octanol–water partition coefficient (Wildman–Crippen LogP) is 5.56. The van der Waals surface area contributed by atoms with Crippen LogP contribution in [-0.4, -0.2) is 25.3 Å². The van der Waals surface area contributed by atoms with Gasteiger partial charge in [0.2, 0.25) is 0 Å². The maximum atomic E-state index is 12.0. The summed E-state index contributed by atoms with van der Waals surface area (Å²) < 4.78 is 17.7. The van der Waals surface area contributed by atoms with Crippen molar-refractivity contribution >= 4 is 21.9 Å². The number of halogens is 1. The van der Waals surface area contributed by atoms with Crippen LogP contribution in [0.25, 0.3) is 0 Å². The molecule has 0 heterocycles. The van der Waals surface area contributed by atoms with Crippen LogP contribution in [0.1, 0.15) is 60.6 Å². The van der Waals surface area contributed by atoms with Crippen LogP contribution >= 0.6 is 15.9 Å². The van der Waals surface area contributed by atoms with Gasteiger partial charge in [-0.15, -0.1) is 0 Å². The van der Waals surface area contributed by atoms with Gasteiger partial charge in [0.15, 0.2) is 17.6 Å². The number of phenolic OH excluding ortho intramolecular Hbond substituents is 1. The van der Waals surface area contributed by atoms with Crippen LogP contribution in [0.2, 0.25) is 0 Å². The van der Waals surface area contributed by atoms with Crippen LogP contribution < -0.4 is 9.47 Å². The Morgan fingerprint density at radius 1 is 1.11 bits per heavy atom. The molecule has 28 heavy (non-hydrogen) atoms. The van der Waals surface area contributed by atoms with Crippen molar-refractivity contribution in [2.75, 3.05) is 14.2 Å². The van der Waals surface area contributed by atoms with E-state index in [-0.39, 0.29) is 11.7 Å². The number of carbonyl (C=O) groups excluding carboxylic acids is 1. The summed E-state index contributed by atoms with van der Waals surface area (Å²) in [6.07, 6.45) is -0.712. The first-order chi connectivity index (χ1) is 13.1. The van der Waals surface area contributed by atoms with Crippen LogP contribution in [0.4, 0.5) is 0 Å². The fraction of sp³-hybridized carbons (Fsp3) is 0.409. The van der Waals surface area contributed by atoms with Crippen molar-refractivity contribution in [2.45, 2.75) is 46.6 Å². The van der Waals surface area contributed by atoms with Crippen molar-refractivity contribution in [1.29, 1.82) is 0 Å². The van der Waals surface area contributed by atoms with Gasteiger partial charge in [-0.1, -0.05) is 19.9 Å². The number of esters is 1. The van der Waals surface area contributed by atoms with Gasteiger partial charge < -0.3 is 19.3 Å². The van der Waals surface area contributed by atoms with Crippen molar-refractivity contribution in [1.82, 2.24) is 0 Å². The zero-order valence-corrected chi connectivity index (χ0v) is 18.9. The third-order valence-electron chi connectivity index (χ3n) is 4.78. The molecule has 0 spiro atoms. The zero-order chi connectivity index (χ0) is 21.2. The minimum absolute atomic E-state index is 0.127. The highest BCUT2D eigenvalue weighted by molar-refractivity contribution is 9.10. The van der Waals surface area contributed by atoms with Gasteiger partial charge in [0.05, 0.1) is 14.2 Å². The van der Waals surface area contributed by atoms with Crippen molar-refractivity contribution in [3.8, 4) is 17.2 Å². The predicted molar refractivity (Wildman–Crippen MR) is 113 cm³/mol. The standard InChI is InChI=1S/C22H27BrO5/c1-11(2)18-20(23)15(10-17(26-6)22(18)27-7)21(28-14(5)24)19-12(3)8-9-16(25)13(19)4/h8-11,21,25H,1-7H3. The van der Waals surface area contributed by atoms with Gasteiger partial charge in [-0.05, 0) is 59.0 Å². The van der Waals surface area contributed by atoms with Gasteiger partial charge in [-0.3, -0.25) is 4.79 Å². The molecule has 0 saturated carbocycles. The molecule has 0 amide bonds. The Hall–Kier alpha value is -2.21. The van der Waals surface area contributed by atoms with E-state index in [1.54, 1.807) is 20.3 Å². The highest BCUT2D eigenvalue weighted by Crippen LogP contribution is 2.47. The van der Waals surface area contributed by atoms with E-state index >= 15 is 0 Å². The Kier molecular flexibility index (Phi) is 6.99. The first kappa shape index (κ1) is 22.1. The fourth-order valence-electron chi connectivity index (χ4n) is 3.43. The summed E-state index contributed by atoms with van der Waals surface area (Å²) in [7, 11) is 3.17. The number of rotatable bonds is 6. The molecule has 0 saturated heterocycles. The summed E-state index contributed by atoms with van der Waals surface area (Å²) in [6.45, 7) is 9.22. The molecule has 152 valence electrons. The van der Waals surface area contributed by atoms with Gasteiger partial charge in [0.25, 0.3) is 0 Å². The third-order valence-corrected chi connectivity index (χ3v) is 5.66. The second-order valence-corrected chi connectivity index (χ2v) is 7.81. The third kappa shape index (κ3) is 4.12. The lowest BCUT2D eigenvalue weighted by atomic mass is 9.89. The highest BCUT2D eigenvalue weighted by Gasteiger charge is 2.29. The SMILES string of the molecule is COc1cc(C(OC(C)=O)c2c(C)ccc(O)c2C)c(Br)c(C(C)C)c1OC. The Morgan fingerprint density at radius 3 is 2.25 bits per heavy atom. The van der Waals surface area contributed by atoms with Crippen LogP contribution in [0.15, 0.2) is 22.7 Å². The maximum Gasteiger partial charge on any atom is 0.303 e. The van der Waals surface area contributed by atoms with E-state index in [1.165, 1.54) is 6.92 Å². The zero-order valence-electron chi connectivity index (χ0n) is 17.3. The molecule has 0 aliphatic heterocycles. The van der Waals surface area contributed by atoms with Gasteiger partial charge in [-0.2, -0.15) is 0 Å². The van der Waals surface area contributed by atoms with Gasteiger partial charge in [0, 0.05) is 28.1 Å². The highest BCUT2D eigenvalue weighted by atomic mass is 79.9. The van der Waals surface area contributed by atoms with E-state index in [2.05, 4.69) is 29.8 Å². The Labute approximate surface area is 174 Å². The maximum absolute atomic E-state index is 12.0. The van der Waals surface area contributed by atoms with Crippen molar-refractivity contribution in [2.24, 2.45) is 0 Å². The lowest BCUT2D eigenvalue weighted by Crippen LogP contribution is -2.15. The van der Waals surface area contributed by atoms with Crippen molar-refractivity contribution in [3.63, 3.8) is 0 Å². The van der Waals surface area contributed by atoms with E-state index in [9.17, 15) is 9.90 Å². The van der Waals surface area contributed by atoms with Crippen LogP contribution in [-0.2, 0) is 9.53 Å². The van der Waals surface area contributed by atoms with Crippen molar-refractivity contribution in [3.05, 3.63) is 50.5 Å². The van der Waals surface area contributed by atoms with E-state index < -0.39 is 12.1 Å². The quantitative estimate of drug-likeness (QED) is 0.583. The second-order valence-electron chi connectivity index (χ2n) is 7.01. The molecule has 1 atom stereocenters. The molecule has 2 aromatic carbocycles. The Bertz CT molecular complexity index is 889. The molecular formula is C22H27BrO5. The molecule has 2 rings (SSSR count). The minimum atomic E-state index is -0.712. The molecule has 0 aromatic heterocycles. The molecule has 1 unspecified atom stereocenters. The molecule has 2 aromatic rings. The monoisotopic (exact) mass is 450 g/mol. The molecule has 0 fully saturated rings. The smallest absolute Gasteiger partial charge is 0.303 e. The van der Waals surface area contributed by atoms with E-state index in [1.807, 2.05) is 26.0 Å². The number of aryl methyl sites for hydroxylation is 1. The Morgan fingerprint density at radius 2 is 1.75 bits per heavy atom. The molecule has 5 nitrogen and oxygen atoms in total. The summed E-state index contributed by atoms with van der Waals surface area (Å²) >= 11 is 3.70. The lowest BCUT2D eigenvalue weighted by Gasteiger charge is -2.27. The fourth-order valence-corrected chi connectivity index (χ4v) is 4.39. The Balaban J connectivity index is 2.88. The normalized spacial score (nSPS) is 12.0. The topological polar surface area (TPSA) is 65.0 Å². The number of carbonyl (C=O) groups is 1. The molecule has 0 bridgehead atoms. The molecule has 0 aliphatic rings. The first-order valence-corrected chi connectivity index (χ1v) is 9.83. The van der Waals surface area contributed by atoms with E-state index in [0.29, 0.717) is 17.1 Å². The van der Waals surface area contributed by atoms with Gasteiger partial charge in [-0.25, -0.2) is 0 Å². The minimum Gasteiger partial charge on any atom is -0.508 e.